The molecule has 2 aromatic carbocycles. The fourth-order valence-corrected chi connectivity index (χ4v) is 1.92. The van der Waals surface area contributed by atoms with Crippen LogP contribution in [-0.2, 0) is 0 Å². The Morgan fingerprint density at radius 1 is 1.15 bits per heavy atom. The van der Waals surface area contributed by atoms with E-state index in [0.717, 1.165) is 12.3 Å². The van der Waals surface area contributed by atoms with Crippen molar-refractivity contribution >= 4 is 5.69 Å². The van der Waals surface area contributed by atoms with Crippen molar-refractivity contribution in [2.75, 3.05) is 25.1 Å². The highest BCUT2D eigenvalue weighted by Crippen LogP contribution is 2.15. The Balaban J connectivity index is 1.84. The first kappa shape index (κ1) is 14.0. The number of aryl methyl sites for hydroxylation is 1. The van der Waals surface area contributed by atoms with Gasteiger partial charge in [0.1, 0.15) is 12.4 Å². The maximum Gasteiger partial charge on any atom is 0.119 e. The second-order valence-electron chi connectivity index (χ2n) is 4.75. The highest BCUT2D eigenvalue weighted by molar-refractivity contribution is 5.47. The zero-order chi connectivity index (χ0) is 14.4. The first-order valence-electron chi connectivity index (χ1n) is 6.60. The standard InChI is InChI=1S/C17H18N2O/c1-14-4-3-5-16(12-14)19(2)10-11-20-17-8-6-15(13-18)7-9-17/h3-9,12H,10-11H2,1-2H3. The van der Waals surface area contributed by atoms with Gasteiger partial charge in [0.25, 0.3) is 0 Å². The van der Waals surface area contributed by atoms with Crippen LogP contribution in [-0.4, -0.2) is 20.2 Å². The first-order chi connectivity index (χ1) is 9.69. The molecule has 102 valence electrons. The van der Waals surface area contributed by atoms with Gasteiger partial charge in [0, 0.05) is 12.7 Å². The maximum absolute atomic E-state index is 8.73. The average molecular weight is 266 g/mol. The van der Waals surface area contributed by atoms with Gasteiger partial charge in [0.15, 0.2) is 0 Å². The molecule has 0 amide bonds. The van der Waals surface area contributed by atoms with E-state index in [1.165, 1.54) is 11.3 Å². The van der Waals surface area contributed by atoms with Gasteiger partial charge in [-0.25, -0.2) is 0 Å². The quantitative estimate of drug-likeness (QED) is 0.832. The van der Waals surface area contributed by atoms with E-state index >= 15 is 0 Å². The molecule has 3 heteroatoms. The van der Waals surface area contributed by atoms with Crippen LogP contribution >= 0.6 is 0 Å². The van der Waals surface area contributed by atoms with Crippen molar-refractivity contribution in [2.45, 2.75) is 6.92 Å². The summed E-state index contributed by atoms with van der Waals surface area (Å²) in [5, 5.41) is 8.73. The van der Waals surface area contributed by atoms with Crippen molar-refractivity contribution in [3.8, 4) is 11.8 Å². The van der Waals surface area contributed by atoms with Crippen LogP contribution in [0, 0.1) is 18.3 Å². The number of anilines is 1. The molecule has 0 aliphatic heterocycles. The summed E-state index contributed by atoms with van der Waals surface area (Å²) in [6, 6.07) is 17.7. The molecule has 0 atom stereocenters. The Bertz CT molecular complexity index is 599. The molecule has 0 heterocycles. The average Bonchev–Trinajstić information content (AvgIpc) is 2.48. The lowest BCUT2D eigenvalue weighted by Crippen LogP contribution is -2.23. The lowest BCUT2D eigenvalue weighted by Gasteiger charge is -2.19. The number of rotatable bonds is 5. The summed E-state index contributed by atoms with van der Waals surface area (Å²) in [5.74, 6) is 0.793. The molecule has 2 rings (SSSR count). The molecule has 0 bridgehead atoms. The molecular formula is C17H18N2O. The maximum atomic E-state index is 8.73. The van der Waals surface area contributed by atoms with Crippen LogP contribution in [0.25, 0.3) is 0 Å². The van der Waals surface area contributed by atoms with E-state index in [-0.39, 0.29) is 0 Å². The zero-order valence-corrected chi connectivity index (χ0v) is 11.8. The van der Waals surface area contributed by atoms with Crippen molar-refractivity contribution in [2.24, 2.45) is 0 Å². The van der Waals surface area contributed by atoms with E-state index in [1.807, 2.05) is 12.1 Å². The van der Waals surface area contributed by atoms with Gasteiger partial charge in [-0.15, -0.1) is 0 Å². The van der Waals surface area contributed by atoms with Crippen molar-refractivity contribution in [3.63, 3.8) is 0 Å². The SMILES string of the molecule is Cc1cccc(N(C)CCOc2ccc(C#N)cc2)c1. The van der Waals surface area contributed by atoms with Crippen molar-refractivity contribution in [1.82, 2.24) is 0 Å². The summed E-state index contributed by atoms with van der Waals surface area (Å²) < 4.78 is 5.68. The second-order valence-corrected chi connectivity index (χ2v) is 4.75. The summed E-state index contributed by atoms with van der Waals surface area (Å²) in [7, 11) is 2.05. The van der Waals surface area contributed by atoms with Gasteiger partial charge in [-0.2, -0.15) is 5.26 Å². The van der Waals surface area contributed by atoms with Crippen LogP contribution in [0.3, 0.4) is 0 Å². The molecule has 20 heavy (non-hydrogen) atoms. The van der Waals surface area contributed by atoms with Gasteiger partial charge >= 0.3 is 0 Å². The number of benzene rings is 2. The lowest BCUT2D eigenvalue weighted by atomic mass is 10.2. The topological polar surface area (TPSA) is 36.3 Å². The predicted molar refractivity (Wildman–Crippen MR) is 81.1 cm³/mol. The van der Waals surface area contributed by atoms with E-state index in [4.69, 9.17) is 10.00 Å². The van der Waals surface area contributed by atoms with Crippen LogP contribution in [0.1, 0.15) is 11.1 Å². The summed E-state index contributed by atoms with van der Waals surface area (Å²) >= 11 is 0. The molecule has 0 fully saturated rings. The molecule has 3 nitrogen and oxygen atoms in total. The Morgan fingerprint density at radius 3 is 2.55 bits per heavy atom. The molecule has 0 saturated heterocycles. The number of ether oxygens (including phenoxy) is 1. The van der Waals surface area contributed by atoms with Crippen LogP contribution in [0.2, 0.25) is 0 Å². The van der Waals surface area contributed by atoms with Gasteiger partial charge in [0.05, 0.1) is 18.2 Å². The highest BCUT2D eigenvalue weighted by atomic mass is 16.5. The van der Waals surface area contributed by atoms with E-state index in [0.29, 0.717) is 12.2 Å². The molecule has 0 radical (unpaired) electrons. The highest BCUT2D eigenvalue weighted by Gasteiger charge is 2.01. The molecule has 0 unspecified atom stereocenters. The van der Waals surface area contributed by atoms with Crippen molar-refractivity contribution < 1.29 is 4.74 Å². The largest absolute Gasteiger partial charge is 0.492 e. The molecule has 0 aromatic heterocycles. The number of hydrogen-bond acceptors (Lipinski definition) is 3. The Kier molecular flexibility index (Phi) is 4.62. The van der Waals surface area contributed by atoms with Crippen LogP contribution < -0.4 is 9.64 Å². The predicted octanol–water partition coefficient (Wildman–Crippen LogP) is 3.38. The third kappa shape index (κ3) is 3.76. The molecule has 0 spiro atoms. The van der Waals surface area contributed by atoms with Crippen LogP contribution in [0.5, 0.6) is 5.75 Å². The van der Waals surface area contributed by atoms with E-state index in [2.05, 4.69) is 49.2 Å². The zero-order valence-electron chi connectivity index (χ0n) is 11.8. The van der Waals surface area contributed by atoms with Gasteiger partial charge < -0.3 is 9.64 Å². The smallest absolute Gasteiger partial charge is 0.119 e. The summed E-state index contributed by atoms with van der Waals surface area (Å²) in [6.45, 7) is 3.50. The minimum atomic E-state index is 0.607. The molecule has 0 N–H and O–H groups in total. The fraction of sp³-hybridized carbons (Fsp3) is 0.235. The molecule has 0 saturated carbocycles. The molecular weight excluding hydrogens is 248 g/mol. The fourth-order valence-electron chi connectivity index (χ4n) is 1.92. The number of likely N-dealkylation sites (N-methyl/N-ethyl adjacent to an activating group) is 1. The normalized spacial score (nSPS) is 9.85. The van der Waals surface area contributed by atoms with Gasteiger partial charge in [-0.1, -0.05) is 12.1 Å². The minimum absolute atomic E-state index is 0.607. The van der Waals surface area contributed by atoms with Gasteiger partial charge in [-0.05, 0) is 48.9 Å². The summed E-state index contributed by atoms with van der Waals surface area (Å²) in [4.78, 5) is 2.16. The molecule has 2 aromatic rings. The number of hydrogen-bond donors (Lipinski definition) is 0. The van der Waals surface area contributed by atoms with Crippen molar-refractivity contribution in [3.05, 3.63) is 59.7 Å². The summed E-state index contributed by atoms with van der Waals surface area (Å²) in [5.41, 5.74) is 3.09. The molecule has 0 aliphatic carbocycles. The third-order valence-electron chi connectivity index (χ3n) is 3.12. The Labute approximate surface area is 120 Å². The second kappa shape index (κ2) is 6.63. The Hall–Kier alpha value is -2.47. The van der Waals surface area contributed by atoms with E-state index < -0.39 is 0 Å². The molecule has 0 aliphatic rings. The monoisotopic (exact) mass is 266 g/mol. The van der Waals surface area contributed by atoms with E-state index in [9.17, 15) is 0 Å². The number of nitriles is 1. The Morgan fingerprint density at radius 2 is 1.90 bits per heavy atom. The summed E-state index contributed by atoms with van der Waals surface area (Å²) in [6.07, 6.45) is 0. The lowest BCUT2D eigenvalue weighted by molar-refractivity contribution is 0.326. The first-order valence-corrected chi connectivity index (χ1v) is 6.60. The van der Waals surface area contributed by atoms with Crippen LogP contribution in [0.15, 0.2) is 48.5 Å². The van der Waals surface area contributed by atoms with Crippen LogP contribution in [0.4, 0.5) is 5.69 Å². The van der Waals surface area contributed by atoms with Gasteiger partial charge in [0.2, 0.25) is 0 Å². The van der Waals surface area contributed by atoms with Gasteiger partial charge in [-0.3, -0.25) is 0 Å². The minimum Gasteiger partial charge on any atom is -0.492 e. The van der Waals surface area contributed by atoms with Crippen molar-refractivity contribution in [1.29, 1.82) is 5.26 Å². The third-order valence-corrected chi connectivity index (χ3v) is 3.12. The van der Waals surface area contributed by atoms with E-state index in [1.54, 1.807) is 12.1 Å². The number of nitrogens with zero attached hydrogens (tertiary/aromatic N) is 2.